The van der Waals surface area contributed by atoms with Gasteiger partial charge in [-0.15, -0.1) is 0 Å². The SMILES string of the molecule is CN(CC1CCCCC1)c1ncc(/C=C/C(=O)O)cn1. The van der Waals surface area contributed by atoms with Gasteiger partial charge in [-0.3, -0.25) is 0 Å². The van der Waals surface area contributed by atoms with E-state index >= 15 is 0 Å². The van der Waals surface area contributed by atoms with Crippen LogP contribution in [-0.2, 0) is 4.79 Å². The topological polar surface area (TPSA) is 66.3 Å². The molecule has 0 aliphatic heterocycles. The molecule has 1 aromatic heterocycles. The minimum absolute atomic E-state index is 0.696. The van der Waals surface area contributed by atoms with Crippen molar-refractivity contribution < 1.29 is 9.90 Å². The maximum atomic E-state index is 10.4. The van der Waals surface area contributed by atoms with Gasteiger partial charge in [0.25, 0.3) is 0 Å². The average molecular weight is 275 g/mol. The summed E-state index contributed by atoms with van der Waals surface area (Å²) in [4.78, 5) is 21.1. The number of aromatic nitrogens is 2. The monoisotopic (exact) mass is 275 g/mol. The lowest BCUT2D eigenvalue weighted by molar-refractivity contribution is -0.131. The minimum Gasteiger partial charge on any atom is -0.478 e. The Morgan fingerprint density at radius 1 is 1.35 bits per heavy atom. The molecule has 1 aliphatic carbocycles. The molecule has 0 amide bonds. The summed E-state index contributed by atoms with van der Waals surface area (Å²) in [5, 5.41) is 8.56. The molecule has 108 valence electrons. The molecule has 5 heteroatoms. The second-order valence-electron chi connectivity index (χ2n) is 5.37. The standard InChI is InChI=1S/C15H21N3O2/c1-18(11-12-5-3-2-4-6-12)15-16-9-13(10-17-15)7-8-14(19)20/h7-10,12H,2-6,11H2,1H3,(H,19,20)/b8-7+. The predicted molar refractivity (Wildman–Crippen MR) is 78.5 cm³/mol. The summed E-state index contributed by atoms with van der Waals surface area (Å²) in [5.41, 5.74) is 0.696. The van der Waals surface area contributed by atoms with Crippen molar-refractivity contribution in [3.63, 3.8) is 0 Å². The van der Waals surface area contributed by atoms with Crippen LogP contribution in [0.4, 0.5) is 5.95 Å². The zero-order valence-electron chi connectivity index (χ0n) is 11.8. The minimum atomic E-state index is -0.969. The van der Waals surface area contributed by atoms with Gasteiger partial charge in [0.2, 0.25) is 5.95 Å². The predicted octanol–water partition coefficient (Wildman–Crippen LogP) is 2.59. The van der Waals surface area contributed by atoms with Gasteiger partial charge in [-0.05, 0) is 24.8 Å². The number of anilines is 1. The molecule has 1 fully saturated rings. The first-order valence-electron chi connectivity index (χ1n) is 7.09. The van der Waals surface area contributed by atoms with Crippen molar-refractivity contribution in [3.05, 3.63) is 24.0 Å². The molecule has 0 saturated heterocycles. The number of nitrogens with zero attached hydrogens (tertiary/aromatic N) is 3. The second-order valence-corrected chi connectivity index (χ2v) is 5.37. The summed E-state index contributed by atoms with van der Waals surface area (Å²) in [6, 6.07) is 0. The molecule has 0 unspecified atom stereocenters. The lowest BCUT2D eigenvalue weighted by Crippen LogP contribution is -2.28. The maximum Gasteiger partial charge on any atom is 0.328 e. The Hall–Kier alpha value is -1.91. The van der Waals surface area contributed by atoms with Crippen LogP contribution in [0.15, 0.2) is 18.5 Å². The molecule has 20 heavy (non-hydrogen) atoms. The van der Waals surface area contributed by atoms with E-state index < -0.39 is 5.97 Å². The first-order chi connectivity index (χ1) is 9.65. The van der Waals surface area contributed by atoms with Crippen molar-refractivity contribution in [2.45, 2.75) is 32.1 Å². The Bertz CT molecular complexity index is 465. The van der Waals surface area contributed by atoms with Crippen LogP contribution in [0.1, 0.15) is 37.7 Å². The molecule has 0 aromatic carbocycles. The summed E-state index contributed by atoms with van der Waals surface area (Å²) in [5.74, 6) is 0.468. The summed E-state index contributed by atoms with van der Waals surface area (Å²) in [6.07, 6.45) is 12.5. The zero-order chi connectivity index (χ0) is 14.4. The number of carbonyl (C=O) groups is 1. The quantitative estimate of drug-likeness (QED) is 0.837. The first-order valence-corrected chi connectivity index (χ1v) is 7.09. The molecule has 1 heterocycles. The van der Waals surface area contributed by atoms with Gasteiger partial charge in [-0.1, -0.05) is 19.3 Å². The van der Waals surface area contributed by atoms with Crippen molar-refractivity contribution in [1.29, 1.82) is 0 Å². The molecule has 1 saturated carbocycles. The summed E-state index contributed by atoms with van der Waals surface area (Å²) >= 11 is 0. The number of aliphatic carboxylic acids is 1. The Labute approximate surface area is 119 Å². The van der Waals surface area contributed by atoms with Gasteiger partial charge in [0.05, 0.1) is 0 Å². The second kappa shape index (κ2) is 7.03. The van der Waals surface area contributed by atoms with E-state index in [0.29, 0.717) is 11.5 Å². The highest BCUT2D eigenvalue weighted by atomic mass is 16.4. The van der Waals surface area contributed by atoms with E-state index in [-0.39, 0.29) is 0 Å². The molecule has 1 aromatic rings. The first kappa shape index (κ1) is 14.5. The number of carboxylic acids is 1. The van der Waals surface area contributed by atoms with Gasteiger partial charge in [0, 0.05) is 37.6 Å². The van der Waals surface area contributed by atoms with Crippen molar-refractivity contribution in [2.24, 2.45) is 5.92 Å². The van der Waals surface area contributed by atoms with Crippen molar-refractivity contribution in [2.75, 3.05) is 18.5 Å². The van der Waals surface area contributed by atoms with Crippen molar-refractivity contribution >= 4 is 18.0 Å². The van der Waals surface area contributed by atoms with Gasteiger partial charge >= 0.3 is 5.97 Å². The van der Waals surface area contributed by atoms with E-state index in [1.807, 2.05) is 7.05 Å². The van der Waals surface area contributed by atoms with Gasteiger partial charge < -0.3 is 10.0 Å². The van der Waals surface area contributed by atoms with Crippen LogP contribution < -0.4 is 4.90 Å². The normalized spacial score (nSPS) is 16.4. The van der Waals surface area contributed by atoms with Gasteiger partial charge in [-0.25, -0.2) is 14.8 Å². The van der Waals surface area contributed by atoms with E-state index in [9.17, 15) is 4.79 Å². The van der Waals surface area contributed by atoms with E-state index in [1.54, 1.807) is 12.4 Å². The Balaban J connectivity index is 1.92. The number of carboxylic acid groups (broad SMARTS) is 1. The molecule has 1 N–H and O–H groups in total. The van der Waals surface area contributed by atoms with Gasteiger partial charge in [0.15, 0.2) is 0 Å². The van der Waals surface area contributed by atoms with E-state index in [1.165, 1.54) is 38.2 Å². The fraction of sp³-hybridized carbons (Fsp3) is 0.533. The Morgan fingerprint density at radius 3 is 2.60 bits per heavy atom. The highest BCUT2D eigenvalue weighted by Gasteiger charge is 2.16. The fourth-order valence-corrected chi connectivity index (χ4v) is 2.62. The molecular weight excluding hydrogens is 254 g/mol. The average Bonchev–Trinajstić information content (AvgIpc) is 2.46. The summed E-state index contributed by atoms with van der Waals surface area (Å²) in [6.45, 7) is 0.990. The maximum absolute atomic E-state index is 10.4. The van der Waals surface area contributed by atoms with Crippen LogP contribution in [-0.4, -0.2) is 34.6 Å². The summed E-state index contributed by atoms with van der Waals surface area (Å²) in [7, 11) is 2.01. The highest BCUT2D eigenvalue weighted by Crippen LogP contribution is 2.24. The van der Waals surface area contributed by atoms with Gasteiger partial charge in [-0.2, -0.15) is 0 Å². The number of hydrogen-bond donors (Lipinski definition) is 1. The smallest absolute Gasteiger partial charge is 0.328 e. The molecule has 5 nitrogen and oxygen atoms in total. The van der Waals surface area contributed by atoms with Crippen molar-refractivity contribution in [3.8, 4) is 0 Å². The highest BCUT2D eigenvalue weighted by molar-refractivity contribution is 5.85. The molecule has 0 radical (unpaired) electrons. The Kier molecular flexibility index (Phi) is 5.09. The largest absolute Gasteiger partial charge is 0.478 e. The number of rotatable bonds is 5. The van der Waals surface area contributed by atoms with Crippen LogP contribution in [0.2, 0.25) is 0 Å². The fourth-order valence-electron chi connectivity index (χ4n) is 2.62. The third-order valence-electron chi connectivity index (χ3n) is 3.67. The van der Waals surface area contributed by atoms with Crippen LogP contribution in [0.3, 0.4) is 0 Å². The molecule has 2 rings (SSSR count). The molecular formula is C15H21N3O2. The van der Waals surface area contributed by atoms with E-state index in [4.69, 9.17) is 5.11 Å². The third kappa shape index (κ3) is 4.33. The lowest BCUT2D eigenvalue weighted by Gasteiger charge is -2.26. The Morgan fingerprint density at radius 2 is 2.00 bits per heavy atom. The van der Waals surface area contributed by atoms with Crippen molar-refractivity contribution in [1.82, 2.24) is 9.97 Å². The van der Waals surface area contributed by atoms with Gasteiger partial charge in [0.1, 0.15) is 0 Å². The number of hydrogen-bond acceptors (Lipinski definition) is 4. The van der Waals surface area contributed by atoms with Crippen LogP contribution in [0, 0.1) is 5.92 Å². The van der Waals surface area contributed by atoms with Crippen LogP contribution in [0.5, 0.6) is 0 Å². The molecule has 0 bridgehead atoms. The van der Waals surface area contributed by atoms with Crippen LogP contribution in [0.25, 0.3) is 6.08 Å². The van der Waals surface area contributed by atoms with E-state index in [0.717, 1.165) is 18.5 Å². The molecule has 1 aliphatic rings. The lowest BCUT2D eigenvalue weighted by atomic mass is 9.89. The van der Waals surface area contributed by atoms with E-state index in [2.05, 4.69) is 14.9 Å². The third-order valence-corrected chi connectivity index (χ3v) is 3.67. The zero-order valence-corrected chi connectivity index (χ0v) is 11.8. The summed E-state index contributed by atoms with van der Waals surface area (Å²) < 4.78 is 0. The molecule has 0 atom stereocenters. The van der Waals surface area contributed by atoms with Crippen LogP contribution >= 0.6 is 0 Å². The molecule has 0 spiro atoms.